The Balaban J connectivity index is 1.82. The molecule has 154 valence electrons. The van der Waals surface area contributed by atoms with Gasteiger partial charge in [0.15, 0.2) is 5.78 Å². The van der Waals surface area contributed by atoms with Crippen LogP contribution >= 0.6 is 0 Å². The molecule has 0 bridgehead atoms. The third-order valence-electron chi connectivity index (χ3n) is 5.31. The monoisotopic (exact) mass is 392 g/mol. The summed E-state index contributed by atoms with van der Waals surface area (Å²) in [6.07, 6.45) is 6.09. The lowest BCUT2D eigenvalue weighted by Crippen LogP contribution is -2.48. The predicted molar refractivity (Wildman–Crippen MR) is 118 cm³/mol. The number of aldehydes is 1. The van der Waals surface area contributed by atoms with Crippen LogP contribution in [0.25, 0.3) is 0 Å². The van der Waals surface area contributed by atoms with E-state index in [0.717, 1.165) is 43.2 Å². The number of nitrogens with one attached hydrogen (secondary N) is 2. The van der Waals surface area contributed by atoms with E-state index in [1.807, 2.05) is 37.3 Å². The Morgan fingerprint density at radius 2 is 2.00 bits per heavy atom. The maximum atomic E-state index is 12.9. The van der Waals surface area contributed by atoms with Gasteiger partial charge in [0, 0.05) is 24.2 Å². The van der Waals surface area contributed by atoms with Gasteiger partial charge in [0.05, 0.1) is 17.7 Å². The first-order valence-electron chi connectivity index (χ1n) is 10.5. The van der Waals surface area contributed by atoms with Gasteiger partial charge in [-0.25, -0.2) is 0 Å². The van der Waals surface area contributed by atoms with Crippen LogP contribution < -0.4 is 10.6 Å². The standard InChI is InChI=1S/C25H32N2O2/c1-4-9-23(18-28)25(29)24(22-12-8-13-22)27-20(3)16-17-26-19(2)14-15-21-10-6-5-7-11-21/h5-7,10-11,18,22-24,26-27H,2-4,8-9,12-13,16-17H2,1H3. The second kappa shape index (κ2) is 11.9. The van der Waals surface area contributed by atoms with E-state index in [2.05, 4.69) is 35.6 Å². The molecule has 0 radical (unpaired) electrons. The molecule has 0 heterocycles. The van der Waals surface area contributed by atoms with E-state index in [0.29, 0.717) is 31.0 Å². The van der Waals surface area contributed by atoms with Gasteiger partial charge in [-0.15, -0.1) is 0 Å². The first-order valence-corrected chi connectivity index (χ1v) is 10.5. The average Bonchev–Trinajstić information content (AvgIpc) is 2.69. The molecule has 29 heavy (non-hydrogen) atoms. The number of rotatable bonds is 12. The summed E-state index contributed by atoms with van der Waals surface area (Å²) >= 11 is 0. The van der Waals surface area contributed by atoms with E-state index in [1.54, 1.807) is 0 Å². The SMILES string of the molecule is C=C(C#Cc1ccccc1)NCCC(=C)NC(C(=O)C(C=O)CCC)C1CCC1. The number of hydrogen-bond donors (Lipinski definition) is 2. The third kappa shape index (κ3) is 7.27. The molecule has 2 unspecified atom stereocenters. The van der Waals surface area contributed by atoms with Crippen LogP contribution in [-0.2, 0) is 9.59 Å². The van der Waals surface area contributed by atoms with Crippen molar-refractivity contribution in [2.75, 3.05) is 6.54 Å². The normalized spacial score (nSPS) is 15.1. The van der Waals surface area contributed by atoms with Gasteiger partial charge in [0.1, 0.15) is 6.29 Å². The molecule has 1 fully saturated rings. The van der Waals surface area contributed by atoms with E-state index in [1.165, 1.54) is 0 Å². The summed E-state index contributed by atoms with van der Waals surface area (Å²) in [5, 5.41) is 6.50. The minimum absolute atomic E-state index is 0.0128. The van der Waals surface area contributed by atoms with E-state index >= 15 is 0 Å². The average molecular weight is 393 g/mol. The summed E-state index contributed by atoms with van der Waals surface area (Å²) in [6.45, 7) is 10.6. The van der Waals surface area contributed by atoms with Crippen LogP contribution in [0, 0.1) is 23.7 Å². The number of carbonyl (C=O) groups is 2. The van der Waals surface area contributed by atoms with Crippen molar-refractivity contribution in [3.05, 3.63) is 60.4 Å². The van der Waals surface area contributed by atoms with Crippen molar-refractivity contribution in [1.29, 1.82) is 0 Å². The van der Waals surface area contributed by atoms with Crippen molar-refractivity contribution in [1.82, 2.24) is 10.6 Å². The second-order valence-electron chi connectivity index (χ2n) is 7.62. The minimum Gasteiger partial charge on any atom is -0.379 e. The molecule has 0 saturated heterocycles. The molecule has 4 nitrogen and oxygen atoms in total. The summed E-state index contributed by atoms with van der Waals surface area (Å²) in [5.74, 6) is 5.87. The number of allylic oxidation sites excluding steroid dienone is 1. The Morgan fingerprint density at radius 1 is 1.28 bits per heavy atom. The molecular formula is C25H32N2O2. The van der Waals surface area contributed by atoms with Gasteiger partial charge in [-0.2, -0.15) is 0 Å². The first-order chi connectivity index (χ1) is 14.0. The molecular weight excluding hydrogens is 360 g/mol. The fraction of sp³-hybridized carbons (Fsp3) is 0.440. The summed E-state index contributed by atoms with van der Waals surface area (Å²) in [6, 6.07) is 9.46. The first kappa shape index (κ1) is 22.5. The van der Waals surface area contributed by atoms with Crippen molar-refractivity contribution >= 4 is 12.1 Å². The van der Waals surface area contributed by atoms with Crippen LogP contribution in [0.2, 0.25) is 0 Å². The van der Waals surface area contributed by atoms with Crippen molar-refractivity contribution in [2.45, 2.75) is 51.5 Å². The molecule has 1 aliphatic carbocycles. The van der Waals surface area contributed by atoms with E-state index < -0.39 is 5.92 Å². The molecule has 0 spiro atoms. The number of ketones is 1. The molecule has 0 aromatic heterocycles. The number of hydrogen-bond acceptors (Lipinski definition) is 4. The lowest BCUT2D eigenvalue weighted by Gasteiger charge is -2.35. The van der Waals surface area contributed by atoms with Gasteiger partial charge in [-0.05, 0) is 43.2 Å². The Hall–Kier alpha value is -2.80. The summed E-state index contributed by atoms with van der Waals surface area (Å²) in [7, 11) is 0. The maximum absolute atomic E-state index is 12.9. The quantitative estimate of drug-likeness (QED) is 0.321. The molecule has 2 atom stereocenters. The highest BCUT2D eigenvalue weighted by Gasteiger charge is 2.35. The predicted octanol–water partition coefficient (Wildman–Crippen LogP) is 3.99. The Kier molecular flexibility index (Phi) is 9.24. The third-order valence-corrected chi connectivity index (χ3v) is 5.31. The minimum atomic E-state index is -0.517. The Labute approximate surface area is 174 Å². The molecule has 2 rings (SSSR count). The molecule has 1 aliphatic rings. The highest BCUT2D eigenvalue weighted by atomic mass is 16.1. The number of carbonyl (C=O) groups excluding carboxylic acids is 2. The fourth-order valence-electron chi connectivity index (χ4n) is 3.38. The van der Waals surface area contributed by atoms with Crippen molar-refractivity contribution in [2.24, 2.45) is 11.8 Å². The molecule has 1 aromatic rings. The van der Waals surface area contributed by atoms with Crippen LogP contribution in [0.3, 0.4) is 0 Å². The van der Waals surface area contributed by atoms with Gasteiger partial charge in [-0.1, -0.05) is 57.0 Å². The zero-order valence-corrected chi connectivity index (χ0v) is 17.4. The van der Waals surface area contributed by atoms with Crippen LogP contribution in [-0.4, -0.2) is 24.7 Å². The highest BCUT2D eigenvalue weighted by molar-refractivity contribution is 5.97. The number of Topliss-reactive ketones (excluding diaryl/α,β-unsaturated/α-hetero) is 1. The van der Waals surface area contributed by atoms with Crippen molar-refractivity contribution in [3.8, 4) is 11.8 Å². The number of benzene rings is 1. The lowest BCUT2D eigenvalue weighted by atomic mass is 9.75. The van der Waals surface area contributed by atoms with Gasteiger partial charge in [-0.3, -0.25) is 4.79 Å². The summed E-state index contributed by atoms with van der Waals surface area (Å²) < 4.78 is 0. The molecule has 1 saturated carbocycles. The molecule has 4 heteroatoms. The Morgan fingerprint density at radius 3 is 2.59 bits per heavy atom. The largest absolute Gasteiger partial charge is 0.379 e. The zero-order valence-electron chi connectivity index (χ0n) is 17.4. The van der Waals surface area contributed by atoms with Crippen LogP contribution in [0.1, 0.15) is 51.0 Å². The second-order valence-corrected chi connectivity index (χ2v) is 7.62. The van der Waals surface area contributed by atoms with Crippen LogP contribution in [0.4, 0.5) is 0 Å². The van der Waals surface area contributed by atoms with Gasteiger partial charge in [0.25, 0.3) is 0 Å². The van der Waals surface area contributed by atoms with E-state index in [-0.39, 0.29) is 11.8 Å². The molecule has 2 N–H and O–H groups in total. The summed E-state index contributed by atoms with van der Waals surface area (Å²) in [5.41, 5.74) is 2.39. The molecule has 0 aliphatic heterocycles. The molecule has 0 amide bonds. The maximum Gasteiger partial charge on any atom is 0.165 e. The van der Waals surface area contributed by atoms with Crippen molar-refractivity contribution in [3.63, 3.8) is 0 Å². The topological polar surface area (TPSA) is 58.2 Å². The van der Waals surface area contributed by atoms with Crippen molar-refractivity contribution < 1.29 is 9.59 Å². The highest BCUT2D eigenvalue weighted by Crippen LogP contribution is 2.32. The smallest absolute Gasteiger partial charge is 0.165 e. The summed E-state index contributed by atoms with van der Waals surface area (Å²) in [4.78, 5) is 24.2. The lowest BCUT2D eigenvalue weighted by molar-refractivity contribution is -0.130. The Bertz CT molecular complexity index is 769. The van der Waals surface area contributed by atoms with Gasteiger partial charge >= 0.3 is 0 Å². The zero-order chi connectivity index (χ0) is 21.1. The van der Waals surface area contributed by atoms with Crippen LogP contribution in [0.5, 0.6) is 0 Å². The van der Waals surface area contributed by atoms with E-state index in [9.17, 15) is 9.59 Å². The molecule has 1 aromatic carbocycles. The van der Waals surface area contributed by atoms with Gasteiger partial charge < -0.3 is 15.4 Å². The van der Waals surface area contributed by atoms with Crippen LogP contribution in [0.15, 0.2) is 54.9 Å². The fourth-order valence-corrected chi connectivity index (χ4v) is 3.38. The van der Waals surface area contributed by atoms with E-state index in [4.69, 9.17) is 0 Å². The van der Waals surface area contributed by atoms with Gasteiger partial charge in [0.2, 0.25) is 0 Å².